The molecule has 2 aromatic carbocycles. The normalized spacial score (nSPS) is 31.6. The molecule has 5 rings (SSSR count). The highest BCUT2D eigenvalue weighted by Crippen LogP contribution is 2.60. The highest BCUT2D eigenvalue weighted by molar-refractivity contribution is 9.09. The molecule has 3 aliphatic rings. The number of alkyl halides is 1. The first-order valence-electron chi connectivity index (χ1n) is 9.92. The number of anilines is 1. The fourth-order valence-electron chi connectivity index (χ4n) is 5.29. The summed E-state index contributed by atoms with van der Waals surface area (Å²) >= 11 is 3.65. The predicted molar refractivity (Wildman–Crippen MR) is 112 cm³/mol. The van der Waals surface area contributed by atoms with Crippen molar-refractivity contribution in [3.8, 4) is 11.5 Å². The van der Waals surface area contributed by atoms with Gasteiger partial charge >= 0.3 is 5.97 Å². The van der Waals surface area contributed by atoms with Crippen LogP contribution in [0.2, 0.25) is 0 Å². The summed E-state index contributed by atoms with van der Waals surface area (Å²) in [6.07, 6.45) is 0.806. The molecule has 0 radical (unpaired) electrons. The smallest absolute Gasteiger partial charge is 0.310 e. The lowest BCUT2D eigenvalue weighted by molar-refractivity contribution is -0.145. The zero-order valence-corrected chi connectivity index (χ0v) is 17.8. The van der Waals surface area contributed by atoms with Crippen molar-refractivity contribution in [2.75, 3.05) is 5.32 Å². The summed E-state index contributed by atoms with van der Waals surface area (Å²) in [4.78, 5) is 25.3. The Hall–Kier alpha value is -2.34. The lowest BCUT2D eigenvalue weighted by atomic mass is 9.79. The van der Waals surface area contributed by atoms with Gasteiger partial charge in [0.15, 0.2) is 0 Å². The van der Waals surface area contributed by atoms with Gasteiger partial charge in [-0.3, -0.25) is 9.59 Å². The Balaban J connectivity index is 1.28. The molecule has 2 aliphatic carbocycles. The van der Waals surface area contributed by atoms with Crippen LogP contribution in [0.3, 0.4) is 0 Å². The molecule has 5 nitrogen and oxygen atoms in total. The van der Waals surface area contributed by atoms with Crippen LogP contribution in [0.1, 0.15) is 17.5 Å². The highest BCUT2D eigenvalue weighted by Gasteiger charge is 2.67. The second-order valence-electron chi connectivity index (χ2n) is 8.40. The molecule has 150 valence electrons. The first kappa shape index (κ1) is 18.7. The third kappa shape index (κ3) is 3.14. The third-order valence-electron chi connectivity index (χ3n) is 6.38. The van der Waals surface area contributed by atoms with Gasteiger partial charge in [-0.15, -0.1) is 0 Å². The zero-order valence-electron chi connectivity index (χ0n) is 16.2. The van der Waals surface area contributed by atoms with Gasteiger partial charge in [-0.2, -0.15) is 0 Å². The van der Waals surface area contributed by atoms with E-state index in [9.17, 15) is 9.59 Å². The van der Waals surface area contributed by atoms with Crippen molar-refractivity contribution in [2.24, 2.45) is 23.7 Å². The first-order valence-corrected chi connectivity index (χ1v) is 10.8. The Morgan fingerprint density at radius 3 is 2.45 bits per heavy atom. The van der Waals surface area contributed by atoms with Crippen molar-refractivity contribution in [2.45, 2.75) is 31.2 Å². The van der Waals surface area contributed by atoms with Crippen LogP contribution in [0.5, 0.6) is 11.5 Å². The van der Waals surface area contributed by atoms with E-state index in [4.69, 9.17) is 9.47 Å². The average Bonchev–Trinajstić information content (AvgIpc) is 3.27. The molecule has 1 aliphatic heterocycles. The van der Waals surface area contributed by atoms with Crippen molar-refractivity contribution < 1.29 is 19.1 Å². The van der Waals surface area contributed by atoms with E-state index >= 15 is 0 Å². The number of fused-ring (bicyclic) bond motifs is 1. The van der Waals surface area contributed by atoms with Crippen molar-refractivity contribution in [3.63, 3.8) is 0 Å². The number of nitrogens with one attached hydrogen (secondary N) is 1. The van der Waals surface area contributed by atoms with Crippen LogP contribution >= 0.6 is 15.9 Å². The molecule has 1 N–H and O–H groups in total. The molecule has 3 fully saturated rings. The third-order valence-corrected chi connectivity index (χ3v) is 7.58. The quantitative estimate of drug-likeness (QED) is 0.540. The monoisotopic (exact) mass is 455 g/mol. The van der Waals surface area contributed by atoms with Gasteiger partial charge in [-0.05, 0) is 73.7 Å². The van der Waals surface area contributed by atoms with Gasteiger partial charge in [-0.1, -0.05) is 22.0 Å². The van der Waals surface area contributed by atoms with Gasteiger partial charge < -0.3 is 14.8 Å². The van der Waals surface area contributed by atoms with Gasteiger partial charge in [0.2, 0.25) is 5.91 Å². The molecular formula is C23H22BrNO4. The Morgan fingerprint density at radius 2 is 1.76 bits per heavy atom. The highest BCUT2D eigenvalue weighted by atomic mass is 79.9. The second-order valence-corrected chi connectivity index (χ2v) is 9.46. The minimum atomic E-state index is -0.332. The molecule has 6 atom stereocenters. The number of hydrogen-bond acceptors (Lipinski definition) is 4. The second kappa shape index (κ2) is 6.87. The summed E-state index contributed by atoms with van der Waals surface area (Å²) in [6.45, 7) is 4.07. The van der Waals surface area contributed by atoms with Crippen molar-refractivity contribution >= 4 is 33.5 Å². The molecule has 6 heteroatoms. The minimum Gasteiger partial charge on any atom is -0.461 e. The number of rotatable bonds is 4. The number of ether oxygens (including phenoxy) is 2. The summed E-state index contributed by atoms with van der Waals surface area (Å²) < 4.78 is 11.4. The fraction of sp³-hybridized carbons (Fsp3) is 0.391. The van der Waals surface area contributed by atoms with E-state index in [-0.39, 0.29) is 46.5 Å². The van der Waals surface area contributed by atoms with Crippen LogP contribution in [0.25, 0.3) is 0 Å². The number of hydrogen-bond donors (Lipinski definition) is 1. The number of benzene rings is 2. The molecule has 2 saturated carbocycles. The van der Waals surface area contributed by atoms with Crippen molar-refractivity contribution in [1.82, 2.24) is 0 Å². The van der Waals surface area contributed by atoms with Gasteiger partial charge in [0.25, 0.3) is 0 Å². The number of esters is 1. The van der Waals surface area contributed by atoms with E-state index in [1.54, 1.807) is 0 Å². The number of carbonyl (C=O) groups is 2. The molecule has 1 heterocycles. The lowest BCUT2D eigenvalue weighted by Gasteiger charge is -2.27. The summed E-state index contributed by atoms with van der Waals surface area (Å²) in [5.41, 5.74) is 2.99. The maximum Gasteiger partial charge on any atom is 0.310 e. The maximum absolute atomic E-state index is 13.0. The van der Waals surface area contributed by atoms with Crippen LogP contribution in [0.4, 0.5) is 5.69 Å². The number of aryl methyl sites for hydroxylation is 2. The summed E-state index contributed by atoms with van der Waals surface area (Å²) in [6, 6.07) is 13.4. The van der Waals surface area contributed by atoms with Crippen LogP contribution in [-0.4, -0.2) is 22.8 Å². The molecule has 1 saturated heterocycles. The fourth-order valence-corrected chi connectivity index (χ4v) is 6.33. The Labute approximate surface area is 177 Å². The average molecular weight is 456 g/mol. The lowest BCUT2D eigenvalue weighted by Crippen LogP contribution is -2.40. The summed E-state index contributed by atoms with van der Waals surface area (Å²) in [5, 5.41) is 2.98. The first-order chi connectivity index (χ1) is 13.9. The van der Waals surface area contributed by atoms with Gasteiger partial charge in [0, 0.05) is 11.6 Å². The van der Waals surface area contributed by atoms with E-state index in [0.717, 1.165) is 23.3 Å². The van der Waals surface area contributed by atoms with E-state index in [2.05, 4.69) is 27.3 Å². The molecule has 29 heavy (non-hydrogen) atoms. The maximum atomic E-state index is 13.0. The van der Waals surface area contributed by atoms with Gasteiger partial charge in [0.1, 0.15) is 17.6 Å². The van der Waals surface area contributed by atoms with Crippen molar-refractivity contribution in [3.05, 3.63) is 53.6 Å². The largest absolute Gasteiger partial charge is 0.461 e. The topological polar surface area (TPSA) is 64.6 Å². The van der Waals surface area contributed by atoms with E-state index < -0.39 is 0 Å². The molecule has 2 bridgehead atoms. The number of carbonyl (C=O) groups excluding carboxylic acids is 2. The Bertz CT molecular complexity index is 969. The van der Waals surface area contributed by atoms with Gasteiger partial charge in [-0.25, -0.2) is 0 Å². The molecule has 0 aromatic heterocycles. The zero-order chi connectivity index (χ0) is 20.3. The van der Waals surface area contributed by atoms with Crippen LogP contribution in [0, 0.1) is 37.5 Å². The molecular weight excluding hydrogens is 434 g/mol. The van der Waals surface area contributed by atoms with Crippen LogP contribution in [-0.2, 0) is 14.3 Å². The van der Waals surface area contributed by atoms with Crippen LogP contribution < -0.4 is 10.1 Å². The summed E-state index contributed by atoms with van der Waals surface area (Å²) in [5.74, 6) is 0.853. The number of halogens is 1. The van der Waals surface area contributed by atoms with Crippen molar-refractivity contribution in [1.29, 1.82) is 0 Å². The predicted octanol–water partition coefficient (Wildman–Crippen LogP) is 4.61. The minimum absolute atomic E-state index is 0.0664. The standard InChI is InChI=1S/C23H22BrNO4/c1-11-7-12(2)9-15(8-11)28-14-5-3-13(4-6-14)25-22(26)18-16-10-17-19(18)23(27)29-21(17)20(16)24/h3-9,16-21H,10H2,1-2H3,(H,25,26)/t16-,17-,18+,19+,20-,21+/m1/s1. The van der Waals surface area contributed by atoms with Gasteiger partial charge in [0.05, 0.1) is 16.7 Å². The van der Waals surface area contributed by atoms with Crippen LogP contribution in [0.15, 0.2) is 42.5 Å². The van der Waals surface area contributed by atoms with E-state index in [0.29, 0.717) is 11.4 Å². The SMILES string of the molecule is Cc1cc(C)cc(Oc2ccc(NC(=O)[C@H]3[C@H]4C[C@H]5[C@H](OC(=O)[C@@H]53)[C@@H]4Br)cc2)c1. The Kier molecular flexibility index (Phi) is 4.42. The molecule has 2 aromatic rings. The summed E-state index contributed by atoms with van der Waals surface area (Å²) in [7, 11) is 0. The number of amides is 1. The Morgan fingerprint density at radius 1 is 1.07 bits per heavy atom. The van der Waals surface area contributed by atoms with E-state index in [1.165, 1.54) is 0 Å². The molecule has 0 spiro atoms. The molecule has 0 unspecified atom stereocenters. The molecule has 1 amide bonds. The van der Waals surface area contributed by atoms with E-state index in [1.807, 2.05) is 50.2 Å².